The van der Waals surface area contributed by atoms with Gasteiger partial charge in [0.2, 0.25) is 11.8 Å². The molecule has 36 heavy (non-hydrogen) atoms. The number of hydrogen-bond acceptors (Lipinski definition) is 4. The van der Waals surface area contributed by atoms with E-state index in [4.69, 9.17) is 5.10 Å². The van der Waals surface area contributed by atoms with Crippen LogP contribution in [-0.4, -0.2) is 63.6 Å². The summed E-state index contributed by atoms with van der Waals surface area (Å²) in [5.74, 6) is 0.929. The fourth-order valence-corrected chi connectivity index (χ4v) is 6.70. The Labute approximate surface area is 215 Å². The van der Waals surface area contributed by atoms with Gasteiger partial charge in [-0.15, -0.1) is 0 Å². The van der Waals surface area contributed by atoms with E-state index in [-0.39, 0.29) is 29.8 Å². The van der Waals surface area contributed by atoms with Crippen molar-refractivity contribution in [3.05, 3.63) is 47.3 Å². The summed E-state index contributed by atoms with van der Waals surface area (Å²) in [6, 6.07) is 9.59. The molecule has 3 aliphatic rings. The summed E-state index contributed by atoms with van der Waals surface area (Å²) in [6.07, 6.45) is 8.84. The van der Waals surface area contributed by atoms with E-state index in [1.165, 1.54) is 43.4 Å². The van der Waals surface area contributed by atoms with Crippen molar-refractivity contribution in [3.63, 3.8) is 0 Å². The maximum absolute atomic E-state index is 13.2. The monoisotopic (exact) mass is 491 g/mol. The van der Waals surface area contributed by atoms with Crippen molar-refractivity contribution in [1.82, 2.24) is 24.9 Å². The second kappa shape index (κ2) is 10.8. The van der Waals surface area contributed by atoms with Crippen LogP contribution in [0.1, 0.15) is 68.3 Å². The molecule has 1 aromatic heterocycles. The van der Waals surface area contributed by atoms with Crippen LogP contribution in [0.3, 0.4) is 0 Å². The van der Waals surface area contributed by atoms with E-state index in [1.807, 2.05) is 29.9 Å². The van der Waals surface area contributed by atoms with Gasteiger partial charge in [-0.2, -0.15) is 5.10 Å². The second-order valence-electron chi connectivity index (χ2n) is 11.2. The molecule has 1 aliphatic carbocycles. The summed E-state index contributed by atoms with van der Waals surface area (Å²) in [5, 5.41) is 7.92. The maximum atomic E-state index is 13.2. The van der Waals surface area contributed by atoms with Gasteiger partial charge in [0.25, 0.3) is 0 Å². The molecule has 0 spiro atoms. The predicted molar refractivity (Wildman–Crippen MR) is 141 cm³/mol. The molecule has 7 heteroatoms. The Bertz CT molecular complexity index is 1070. The fourth-order valence-electron chi connectivity index (χ4n) is 6.70. The number of carbonyl (C=O) groups is 2. The second-order valence-corrected chi connectivity index (χ2v) is 11.2. The minimum Gasteiger partial charge on any atom is -0.342 e. The molecule has 2 atom stereocenters. The number of likely N-dealkylation sites (N-methyl/N-ethyl adjacent to an activating group) is 1. The lowest BCUT2D eigenvalue weighted by Crippen LogP contribution is -2.65. The summed E-state index contributed by atoms with van der Waals surface area (Å²) < 4.78 is 2.04. The van der Waals surface area contributed by atoms with E-state index in [9.17, 15) is 9.59 Å². The standard InChI is InChI=1S/C29H41N5O2/c1-20-25(21(2)34(31-20)24-12-8-5-9-13-24)19-33-16-14-23(15-17-33)27-28(35)30-26(29(36)32(27)3)18-22-10-6-4-7-11-22/h5,8-9,12-13,22-23,26-27H,4,6-7,10-11,14-19H2,1-3H3,(H,30,35)/t26-,27?/m0/s1. The van der Waals surface area contributed by atoms with Crippen molar-refractivity contribution in [2.75, 3.05) is 20.1 Å². The number of hydrogen-bond donors (Lipinski definition) is 1. The lowest BCUT2D eigenvalue weighted by molar-refractivity contribution is -0.151. The molecule has 7 nitrogen and oxygen atoms in total. The van der Waals surface area contributed by atoms with Crippen LogP contribution < -0.4 is 5.32 Å². The number of nitrogens with zero attached hydrogens (tertiary/aromatic N) is 4. The summed E-state index contributed by atoms with van der Waals surface area (Å²) in [6.45, 7) is 6.96. The number of para-hydroxylation sites is 1. The molecular formula is C29H41N5O2. The number of aromatic nitrogens is 2. The number of piperidine rings is 1. The van der Waals surface area contributed by atoms with Crippen LogP contribution in [-0.2, 0) is 16.1 Å². The van der Waals surface area contributed by atoms with E-state index >= 15 is 0 Å². The number of nitrogens with one attached hydrogen (secondary N) is 1. The minimum atomic E-state index is -0.341. The molecule has 0 bridgehead atoms. The zero-order valence-electron chi connectivity index (χ0n) is 22.1. The Morgan fingerprint density at radius 3 is 2.36 bits per heavy atom. The highest BCUT2D eigenvalue weighted by atomic mass is 16.2. The van der Waals surface area contributed by atoms with Crippen LogP contribution >= 0.6 is 0 Å². The topological polar surface area (TPSA) is 70.5 Å². The third-order valence-corrected chi connectivity index (χ3v) is 8.84. The Hall–Kier alpha value is -2.67. The molecule has 194 valence electrons. The third-order valence-electron chi connectivity index (χ3n) is 8.84. The molecule has 3 heterocycles. The van der Waals surface area contributed by atoms with Crippen molar-refractivity contribution in [1.29, 1.82) is 0 Å². The SMILES string of the molecule is Cc1nn(-c2ccccc2)c(C)c1CN1CCC(C2C(=O)N[C@@H](CC3CCCCC3)C(=O)N2C)CC1. The predicted octanol–water partition coefficient (Wildman–Crippen LogP) is 4.00. The summed E-state index contributed by atoms with van der Waals surface area (Å²) in [7, 11) is 1.84. The van der Waals surface area contributed by atoms with Crippen molar-refractivity contribution in [3.8, 4) is 5.69 Å². The van der Waals surface area contributed by atoms with Gasteiger partial charge in [0.1, 0.15) is 12.1 Å². The van der Waals surface area contributed by atoms with Gasteiger partial charge in [0.15, 0.2) is 0 Å². The van der Waals surface area contributed by atoms with Crippen LogP contribution in [0.5, 0.6) is 0 Å². The number of piperazine rings is 1. The van der Waals surface area contributed by atoms with Gasteiger partial charge in [-0.3, -0.25) is 14.5 Å². The molecule has 2 saturated heterocycles. The van der Waals surface area contributed by atoms with Crippen LogP contribution in [0.15, 0.2) is 30.3 Å². The van der Waals surface area contributed by atoms with E-state index in [0.29, 0.717) is 5.92 Å². The number of likely N-dealkylation sites (tertiary alicyclic amines) is 1. The van der Waals surface area contributed by atoms with E-state index in [2.05, 4.69) is 36.2 Å². The van der Waals surface area contributed by atoms with Gasteiger partial charge >= 0.3 is 0 Å². The van der Waals surface area contributed by atoms with Crippen molar-refractivity contribution in [2.24, 2.45) is 11.8 Å². The Balaban J connectivity index is 1.18. The average Bonchev–Trinajstić information content (AvgIpc) is 3.17. The molecule has 2 amide bonds. The number of benzene rings is 1. The van der Waals surface area contributed by atoms with Crippen molar-refractivity contribution >= 4 is 11.8 Å². The third kappa shape index (κ3) is 5.08. The zero-order valence-corrected chi connectivity index (χ0v) is 22.1. The minimum absolute atomic E-state index is 0.0483. The summed E-state index contributed by atoms with van der Waals surface area (Å²) >= 11 is 0. The molecule has 1 N–H and O–H groups in total. The van der Waals surface area contributed by atoms with Gasteiger partial charge in [-0.25, -0.2) is 4.68 Å². The molecule has 0 radical (unpaired) electrons. The number of rotatable bonds is 6. The van der Waals surface area contributed by atoms with Gasteiger partial charge in [0.05, 0.1) is 11.4 Å². The maximum Gasteiger partial charge on any atom is 0.245 e. The quantitative estimate of drug-likeness (QED) is 0.663. The molecule has 1 aromatic carbocycles. The number of carbonyl (C=O) groups excluding carboxylic acids is 2. The Morgan fingerprint density at radius 2 is 1.67 bits per heavy atom. The highest BCUT2D eigenvalue weighted by Crippen LogP contribution is 2.31. The lowest BCUT2D eigenvalue weighted by atomic mass is 9.82. The molecule has 5 rings (SSSR count). The van der Waals surface area contributed by atoms with Crippen molar-refractivity contribution in [2.45, 2.75) is 83.8 Å². The largest absolute Gasteiger partial charge is 0.342 e. The number of amides is 2. The molecular weight excluding hydrogens is 450 g/mol. The van der Waals surface area contributed by atoms with Crippen LogP contribution in [0, 0.1) is 25.7 Å². The normalized spacial score (nSPS) is 24.8. The Morgan fingerprint density at radius 1 is 0.972 bits per heavy atom. The van der Waals surface area contributed by atoms with Gasteiger partial charge in [-0.05, 0) is 70.2 Å². The van der Waals surface area contributed by atoms with E-state index < -0.39 is 0 Å². The highest BCUT2D eigenvalue weighted by molar-refractivity contribution is 5.97. The fraction of sp³-hybridized carbons (Fsp3) is 0.621. The van der Waals surface area contributed by atoms with Crippen LogP contribution in [0.4, 0.5) is 0 Å². The molecule has 1 unspecified atom stereocenters. The zero-order chi connectivity index (χ0) is 25.2. The van der Waals surface area contributed by atoms with Gasteiger partial charge < -0.3 is 10.2 Å². The molecule has 2 aliphatic heterocycles. The van der Waals surface area contributed by atoms with E-state index in [0.717, 1.165) is 50.3 Å². The highest BCUT2D eigenvalue weighted by Gasteiger charge is 2.43. The Kier molecular flexibility index (Phi) is 7.47. The first kappa shape index (κ1) is 25.0. The first-order valence-corrected chi connectivity index (χ1v) is 13.8. The van der Waals surface area contributed by atoms with Crippen LogP contribution in [0.2, 0.25) is 0 Å². The van der Waals surface area contributed by atoms with Gasteiger partial charge in [0, 0.05) is 24.8 Å². The molecule has 2 aromatic rings. The van der Waals surface area contributed by atoms with Crippen LogP contribution in [0.25, 0.3) is 5.69 Å². The average molecular weight is 492 g/mol. The smallest absolute Gasteiger partial charge is 0.245 e. The summed E-state index contributed by atoms with van der Waals surface area (Å²) in [4.78, 5) is 30.6. The summed E-state index contributed by atoms with van der Waals surface area (Å²) in [5.41, 5.74) is 4.62. The lowest BCUT2D eigenvalue weighted by Gasteiger charge is -2.44. The number of aryl methyl sites for hydroxylation is 1. The van der Waals surface area contributed by atoms with Gasteiger partial charge in [-0.1, -0.05) is 50.3 Å². The van der Waals surface area contributed by atoms with E-state index in [1.54, 1.807) is 4.90 Å². The molecule has 1 saturated carbocycles. The van der Waals surface area contributed by atoms with Crippen molar-refractivity contribution < 1.29 is 9.59 Å². The first-order chi connectivity index (χ1) is 17.4. The first-order valence-electron chi connectivity index (χ1n) is 13.8. The molecule has 3 fully saturated rings.